The molecule has 1 aliphatic rings. The Morgan fingerprint density at radius 1 is 1.14 bits per heavy atom. The van der Waals surface area contributed by atoms with Gasteiger partial charge in [-0.1, -0.05) is 12.1 Å². The van der Waals surface area contributed by atoms with E-state index in [2.05, 4.69) is 0 Å². The van der Waals surface area contributed by atoms with E-state index >= 15 is 0 Å². The van der Waals surface area contributed by atoms with Crippen molar-refractivity contribution in [3.05, 3.63) is 65.0 Å². The van der Waals surface area contributed by atoms with Gasteiger partial charge in [0.2, 0.25) is 11.5 Å². The van der Waals surface area contributed by atoms with Crippen LogP contribution < -0.4 is 10.6 Å². The summed E-state index contributed by atoms with van der Waals surface area (Å²) in [5.41, 5.74) is 2.60. The molecule has 6 nitrogen and oxygen atoms in total. The number of halogens is 3. The number of primary amides is 1. The molecule has 2 amide bonds. The fourth-order valence-corrected chi connectivity index (χ4v) is 3.28. The molecule has 1 atom stereocenters. The monoisotopic (exact) mass is 394 g/mol. The normalized spacial score (nSPS) is 18.4. The SMILES string of the molecule is NC(=O)CN1C(=O)[C@](OCCCO)(c2ccc(F)cc2)c2c1ccc(F)c2F. The molecule has 9 heteroatoms. The van der Waals surface area contributed by atoms with Crippen LogP contribution in [0.1, 0.15) is 17.5 Å². The molecule has 2 aromatic rings. The molecule has 0 bridgehead atoms. The number of carbonyl (C=O) groups is 2. The Labute approximate surface area is 158 Å². The highest BCUT2D eigenvalue weighted by atomic mass is 19.2. The minimum absolute atomic E-state index is 0.0505. The Morgan fingerprint density at radius 3 is 2.43 bits per heavy atom. The Kier molecular flexibility index (Phi) is 5.39. The van der Waals surface area contributed by atoms with Gasteiger partial charge in [0.15, 0.2) is 11.6 Å². The number of anilines is 1. The van der Waals surface area contributed by atoms with E-state index in [1.807, 2.05) is 0 Å². The third kappa shape index (κ3) is 3.12. The van der Waals surface area contributed by atoms with Crippen LogP contribution in [0.15, 0.2) is 36.4 Å². The zero-order valence-electron chi connectivity index (χ0n) is 14.6. The topological polar surface area (TPSA) is 92.9 Å². The lowest BCUT2D eigenvalue weighted by Crippen LogP contribution is -2.46. The number of aliphatic hydroxyl groups excluding tert-OH is 1. The minimum Gasteiger partial charge on any atom is -0.396 e. The van der Waals surface area contributed by atoms with Gasteiger partial charge < -0.3 is 15.6 Å². The quantitative estimate of drug-likeness (QED) is 0.698. The van der Waals surface area contributed by atoms with Crippen LogP contribution in [0.3, 0.4) is 0 Å². The number of benzene rings is 2. The van der Waals surface area contributed by atoms with Crippen LogP contribution in [-0.2, 0) is 19.9 Å². The van der Waals surface area contributed by atoms with Gasteiger partial charge in [-0.05, 0) is 36.2 Å². The predicted octanol–water partition coefficient (Wildman–Crippen LogP) is 1.58. The maximum atomic E-state index is 14.9. The molecular formula is C19H17F3N2O4. The number of rotatable bonds is 7. The molecule has 3 rings (SSSR count). The molecule has 28 heavy (non-hydrogen) atoms. The Balaban J connectivity index is 2.28. The second kappa shape index (κ2) is 7.61. The van der Waals surface area contributed by atoms with Crippen molar-refractivity contribution in [2.45, 2.75) is 12.0 Å². The van der Waals surface area contributed by atoms with Crippen LogP contribution >= 0.6 is 0 Å². The standard InChI is InChI=1S/C19H17F3N2O4/c20-12-4-2-11(3-5-12)19(28-9-1-8-25)16-14(7-6-13(21)17(16)22)24(18(19)27)10-15(23)26/h2-7,25H,1,8-10H2,(H2,23,26)/t19-/m0/s1. The van der Waals surface area contributed by atoms with Crippen LogP contribution in [0.25, 0.3) is 0 Å². The molecule has 0 unspecified atom stereocenters. The second-order valence-corrected chi connectivity index (χ2v) is 6.23. The first-order valence-electron chi connectivity index (χ1n) is 8.42. The van der Waals surface area contributed by atoms with Crippen molar-refractivity contribution in [1.82, 2.24) is 0 Å². The van der Waals surface area contributed by atoms with Crippen molar-refractivity contribution < 1.29 is 32.6 Å². The molecule has 1 aliphatic heterocycles. The van der Waals surface area contributed by atoms with E-state index in [4.69, 9.17) is 15.6 Å². The molecule has 0 aliphatic carbocycles. The lowest BCUT2D eigenvalue weighted by atomic mass is 9.86. The smallest absolute Gasteiger partial charge is 0.269 e. The van der Waals surface area contributed by atoms with Crippen LogP contribution in [0.4, 0.5) is 18.9 Å². The summed E-state index contributed by atoms with van der Waals surface area (Å²) >= 11 is 0. The molecule has 3 N–H and O–H groups in total. The molecular weight excluding hydrogens is 377 g/mol. The second-order valence-electron chi connectivity index (χ2n) is 6.23. The van der Waals surface area contributed by atoms with Gasteiger partial charge in [-0.3, -0.25) is 14.5 Å². The van der Waals surface area contributed by atoms with Crippen molar-refractivity contribution in [1.29, 1.82) is 0 Å². The van der Waals surface area contributed by atoms with Gasteiger partial charge in [-0.2, -0.15) is 0 Å². The zero-order valence-corrected chi connectivity index (χ0v) is 14.6. The number of hydrogen-bond donors (Lipinski definition) is 2. The first-order chi connectivity index (χ1) is 13.3. The number of ether oxygens (including phenoxy) is 1. The Bertz CT molecular complexity index is 920. The zero-order chi connectivity index (χ0) is 20.5. The molecule has 0 aromatic heterocycles. The largest absolute Gasteiger partial charge is 0.396 e. The van der Waals surface area contributed by atoms with Crippen LogP contribution in [-0.4, -0.2) is 36.7 Å². The predicted molar refractivity (Wildman–Crippen MR) is 92.7 cm³/mol. The van der Waals surface area contributed by atoms with E-state index in [1.54, 1.807) is 0 Å². The maximum absolute atomic E-state index is 14.9. The average molecular weight is 394 g/mol. The fourth-order valence-electron chi connectivity index (χ4n) is 3.28. The van der Waals surface area contributed by atoms with Crippen molar-refractivity contribution >= 4 is 17.5 Å². The molecule has 0 saturated heterocycles. The summed E-state index contributed by atoms with van der Waals surface area (Å²) in [6.45, 7) is -1.03. The summed E-state index contributed by atoms with van der Waals surface area (Å²) in [4.78, 5) is 25.7. The number of aliphatic hydroxyl groups is 1. The molecule has 0 spiro atoms. The lowest BCUT2D eigenvalue weighted by Gasteiger charge is -2.29. The van der Waals surface area contributed by atoms with E-state index in [-0.39, 0.29) is 30.9 Å². The molecule has 0 saturated carbocycles. The highest BCUT2D eigenvalue weighted by molar-refractivity contribution is 6.11. The molecule has 1 heterocycles. The number of nitrogens with zero attached hydrogens (tertiary/aromatic N) is 1. The molecule has 148 valence electrons. The molecule has 0 fully saturated rings. The van der Waals surface area contributed by atoms with Gasteiger partial charge in [0, 0.05) is 6.61 Å². The first-order valence-corrected chi connectivity index (χ1v) is 8.42. The maximum Gasteiger partial charge on any atom is 0.269 e. The average Bonchev–Trinajstić information content (AvgIpc) is 2.89. The number of carbonyl (C=O) groups excluding carboxylic acids is 2. The van der Waals surface area contributed by atoms with Gasteiger partial charge in [0.25, 0.3) is 5.91 Å². The summed E-state index contributed by atoms with van der Waals surface area (Å²) < 4.78 is 48.1. The van der Waals surface area contributed by atoms with Crippen molar-refractivity contribution in [3.63, 3.8) is 0 Å². The lowest BCUT2D eigenvalue weighted by molar-refractivity contribution is -0.139. The van der Waals surface area contributed by atoms with Crippen molar-refractivity contribution in [3.8, 4) is 0 Å². The Hall–Kier alpha value is -2.91. The van der Waals surface area contributed by atoms with E-state index < -0.39 is 47.0 Å². The summed E-state index contributed by atoms with van der Waals surface area (Å²) in [5.74, 6) is -4.88. The molecule has 2 aromatic carbocycles. The van der Waals surface area contributed by atoms with Crippen molar-refractivity contribution in [2.75, 3.05) is 24.7 Å². The third-order valence-electron chi connectivity index (χ3n) is 4.45. The van der Waals surface area contributed by atoms with E-state index in [0.29, 0.717) is 0 Å². The van der Waals surface area contributed by atoms with Crippen molar-refractivity contribution in [2.24, 2.45) is 5.73 Å². The number of nitrogens with two attached hydrogens (primary N) is 1. The van der Waals surface area contributed by atoms with Crippen LogP contribution in [0.5, 0.6) is 0 Å². The fraction of sp³-hybridized carbons (Fsp3) is 0.263. The first kappa shape index (κ1) is 19.8. The van der Waals surface area contributed by atoms with Crippen LogP contribution in [0, 0.1) is 17.5 Å². The van der Waals surface area contributed by atoms with E-state index in [0.717, 1.165) is 29.2 Å². The summed E-state index contributed by atoms with van der Waals surface area (Å²) in [6, 6.07) is 6.50. The summed E-state index contributed by atoms with van der Waals surface area (Å²) in [6.07, 6.45) is 0.109. The third-order valence-corrected chi connectivity index (χ3v) is 4.45. The number of amides is 2. The van der Waals surface area contributed by atoms with Gasteiger partial charge >= 0.3 is 0 Å². The highest BCUT2D eigenvalue weighted by Gasteiger charge is 2.56. The molecule has 0 radical (unpaired) electrons. The summed E-state index contributed by atoms with van der Waals surface area (Å²) in [7, 11) is 0. The minimum atomic E-state index is -2.15. The highest BCUT2D eigenvalue weighted by Crippen LogP contribution is 2.48. The van der Waals surface area contributed by atoms with E-state index in [1.165, 1.54) is 12.1 Å². The van der Waals surface area contributed by atoms with Gasteiger partial charge in [-0.25, -0.2) is 13.2 Å². The van der Waals surface area contributed by atoms with Gasteiger partial charge in [-0.15, -0.1) is 0 Å². The summed E-state index contributed by atoms with van der Waals surface area (Å²) in [5, 5.41) is 9.04. The van der Waals surface area contributed by atoms with Crippen LogP contribution in [0.2, 0.25) is 0 Å². The number of hydrogen-bond acceptors (Lipinski definition) is 4. The van der Waals surface area contributed by atoms with Gasteiger partial charge in [0.1, 0.15) is 12.4 Å². The van der Waals surface area contributed by atoms with E-state index in [9.17, 15) is 22.8 Å². The Morgan fingerprint density at radius 2 is 1.82 bits per heavy atom. The number of fused-ring (bicyclic) bond motifs is 1. The van der Waals surface area contributed by atoms with Gasteiger partial charge in [0.05, 0.1) is 17.9 Å².